The first-order valence-electron chi connectivity index (χ1n) is 4.85. The number of nitrogens with one attached hydrogen (secondary N) is 2. The van der Waals surface area contributed by atoms with Crippen molar-refractivity contribution in [3.63, 3.8) is 0 Å². The Kier molecular flexibility index (Phi) is 2.90. The fourth-order valence-corrected chi connectivity index (χ4v) is 1.40. The van der Waals surface area contributed by atoms with Crippen LogP contribution < -0.4 is 15.8 Å². The summed E-state index contributed by atoms with van der Waals surface area (Å²) in [5, 5.41) is 10.2. The number of carbonyl (C=O) groups is 1. The molecule has 16 heavy (non-hydrogen) atoms. The van der Waals surface area contributed by atoms with Gasteiger partial charge < -0.3 is 15.8 Å². The van der Waals surface area contributed by atoms with Gasteiger partial charge in [0.1, 0.15) is 17.9 Å². The molecule has 1 aromatic heterocycles. The SMILES string of the molecule is NC(=O)NCCOc1cccc2cn[nH]c12. The molecule has 2 aromatic rings. The first kappa shape index (κ1) is 10.3. The summed E-state index contributed by atoms with van der Waals surface area (Å²) < 4.78 is 5.49. The van der Waals surface area contributed by atoms with Crippen molar-refractivity contribution in [1.82, 2.24) is 15.5 Å². The van der Waals surface area contributed by atoms with Gasteiger partial charge in [0, 0.05) is 5.39 Å². The van der Waals surface area contributed by atoms with E-state index in [1.807, 2.05) is 18.2 Å². The number of nitrogens with two attached hydrogens (primary N) is 1. The van der Waals surface area contributed by atoms with Crippen LogP contribution in [0.25, 0.3) is 10.9 Å². The molecule has 0 saturated heterocycles. The summed E-state index contributed by atoms with van der Waals surface area (Å²) in [5.41, 5.74) is 5.77. The molecule has 84 valence electrons. The van der Waals surface area contributed by atoms with Crippen LogP contribution >= 0.6 is 0 Å². The van der Waals surface area contributed by atoms with Gasteiger partial charge in [0.2, 0.25) is 0 Å². The number of hydrogen-bond donors (Lipinski definition) is 3. The van der Waals surface area contributed by atoms with E-state index in [0.717, 1.165) is 10.9 Å². The number of primary amides is 1. The molecule has 0 aliphatic heterocycles. The molecule has 0 fully saturated rings. The van der Waals surface area contributed by atoms with Crippen molar-refractivity contribution in [2.75, 3.05) is 13.2 Å². The van der Waals surface area contributed by atoms with E-state index in [4.69, 9.17) is 10.5 Å². The second-order valence-corrected chi connectivity index (χ2v) is 3.23. The number of para-hydroxylation sites is 1. The summed E-state index contributed by atoms with van der Waals surface area (Å²) in [7, 11) is 0. The lowest BCUT2D eigenvalue weighted by Crippen LogP contribution is -2.32. The summed E-state index contributed by atoms with van der Waals surface area (Å²) in [6.07, 6.45) is 1.73. The minimum Gasteiger partial charge on any atom is -0.489 e. The van der Waals surface area contributed by atoms with E-state index in [9.17, 15) is 4.79 Å². The van der Waals surface area contributed by atoms with Crippen molar-refractivity contribution in [1.29, 1.82) is 0 Å². The molecule has 6 heteroatoms. The minimum atomic E-state index is -0.552. The zero-order valence-electron chi connectivity index (χ0n) is 8.56. The van der Waals surface area contributed by atoms with Crippen LogP contribution in [0.4, 0.5) is 4.79 Å². The Balaban J connectivity index is 1.98. The van der Waals surface area contributed by atoms with Gasteiger partial charge in [-0.25, -0.2) is 4.79 Å². The number of benzene rings is 1. The number of fused-ring (bicyclic) bond motifs is 1. The monoisotopic (exact) mass is 220 g/mol. The molecule has 0 radical (unpaired) electrons. The Labute approximate surface area is 91.8 Å². The molecular formula is C10H12N4O2. The van der Waals surface area contributed by atoms with Crippen molar-refractivity contribution in [3.05, 3.63) is 24.4 Å². The van der Waals surface area contributed by atoms with Gasteiger partial charge in [-0.15, -0.1) is 0 Å². The molecule has 2 amide bonds. The number of nitrogens with zero attached hydrogens (tertiary/aromatic N) is 1. The summed E-state index contributed by atoms with van der Waals surface area (Å²) in [6.45, 7) is 0.737. The molecule has 0 saturated carbocycles. The van der Waals surface area contributed by atoms with Crippen LogP contribution in [-0.4, -0.2) is 29.4 Å². The molecule has 2 rings (SSSR count). The van der Waals surface area contributed by atoms with E-state index < -0.39 is 6.03 Å². The number of urea groups is 1. The second-order valence-electron chi connectivity index (χ2n) is 3.23. The van der Waals surface area contributed by atoms with E-state index in [0.29, 0.717) is 18.9 Å². The lowest BCUT2D eigenvalue weighted by molar-refractivity contribution is 0.244. The predicted molar refractivity (Wildman–Crippen MR) is 59.2 cm³/mol. The van der Waals surface area contributed by atoms with Crippen LogP contribution in [0, 0.1) is 0 Å². The topological polar surface area (TPSA) is 93.0 Å². The van der Waals surface area contributed by atoms with E-state index in [2.05, 4.69) is 15.5 Å². The lowest BCUT2D eigenvalue weighted by atomic mass is 10.2. The Hall–Kier alpha value is -2.24. The number of H-pyrrole nitrogens is 1. The number of amides is 2. The molecule has 1 heterocycles. The molecule has 4 N–H and O–H groups in total. The summed E-state index contributed by atoms with van der Waals surface area (Å²) >= 11 is 0. The van der Waals surface area contributed by atoms with E-state index in [1.165, 1.54) is 0 Å². The van der Waals surface area contributed by atoms with Gasteiger partial charge in [-0.05, 0) is 6.07 Å². The zero-order valence-corrected chi connectivity index (χ0v) is 8.56. The van der Waals surface area contributed by atoms with Crippen molar-refractivity contribution in [2.24, 2.45) is 5.73 Å². The zero-order chi connectivity index (χ0) is 11.4. The maximum absolute atomic E-state index is 10.4. The Morgan fingerprint density at radius 2 is 2.44 bits per heavy atom. The third-order valence-corrected chi connectivity index (χ3v) is 2.10. The quantitative estimate of drug-likeness (QED) is 0.659. The minimum absolute atomic E-state index is 0.362. The van der Waals surface area contributed by atoms with Gasteiger partial charge in [-0.2, -0.15) is 5.10 Å². The molecule has 0 aliphatic carbocycles. The van der Waals surface area contributed by atoms with Crippen LogP contribution in [0.5, 0.6) is 5.75 Å². The van der Waals surface area contributed by atoms with Gasteiger partial charge in [-0.3, -0.25) is 5.10 Å². The summed E-state index contributed by atoms with van der Waals surface area (Å²) in [5.74, 6) is 0.710. The fourth-order valence-electron chi connectivity index (χ4n) is 1.40. The first-order chi connectivity index (χ1) is 7.77. The summed E-state index contributed by atoms with van der Waals surface area (Å²) in [6, 6.07) is 5.11. The lowest BCUT2D eigenvalue weighted by Gasteiger charge is -2.06. The smallest absolute Gasteiger partial charge is 0.312 e. The molecule has 6 nitrogen and oxygen atoms in total. The maximum atomic E-state index is 10.4. The van der Waals surface area contributed by atoms with Crippen LogP contribution in [0.15, 0.2) is 24.4 Å². The molecule has 1 aromatic carbocycles. The number of hydrogen-bond acceptors (Lipinski definition) is 3. The highest BCUT2D eigenvalue weighted by Gasteiger charge is 2.02. The largest absolute Gasteiger partial charge is 0.489 e. The van der Waals surface area contributed by atoms with Crippen molar-refractivity contribution >= 4 is 16.9 Å². The number of ether oxygens (including phenoxy) is 1. The van der Waals surface area contributed by atoms with Crippen molar-refractivity contribution in [2.45, 2.75) is 0 Å². The first-order valence-corrected chi connectivity index (χ1v) is 4.85. The van der Waals surface area contributed by atoms with Gasteiger partial charge in [-0.1, -0.05) is 12.1 Å². The van der Waals surface area contributed by atoms with Gasteiger partial charge in [0.15, 0.2) is 0 Å². The number of rotatable bonds is 4. The molecule has 0 unspecified atom stereocenters. The molecule has 0 bridgehead atoms. The Morgan fingerprint density at radius 3 is 3.25 bits per heavy atom. The molecule has 0 spiro atoms. The number of aromatic nitrogens is 2. The highest BCUT2D eigenvalue weighted by Crippen LogP contribution is 2.22. The van der Waals surface area contributed by atoms with E-state index in [-0.39, 0.29) is 0 Å². The Morgan fingerprint density at radius 1 is 1.56 bits per heavy atom. The van der Waals surface area contributed by atoms with Gasteiger partial charge >= 0.3 is 6.03 Å². The molecule has 0 aliphatic rings. The average molecular weight is 220 g/mol. The van der Waals surface area contributed by atoms with Crippen LogP contribution in [0.1, 0.15) is 0 Å². The Bertz CT molecular complexity index is 494. The van der Waals surface area contributed by atoms with Gasteiger partial charge in [0.25, 0.3) is 0 Å². The maximum Gasteiger partial charge on any atom is 0.312 e. The van der Waals surface area contributed by atoms with Gasteiger partial charge in [0.05, 0.1) is 12.7 Å². The normalized spacial score (nSPS) is 10.2. The van der Waals surface area contributed by atoms with Crippen LogP contribution in [0.3, 0.4) is 0 Å². The number of aromatic amines is 1. The van der Waals surface area contributed by atoms with E-state index in [1.54, 1.807) is 6.20 Å². The highest BCUT2D eigenvalue weighted by molar-refractivity contribution is 5.83. The summed E-state index contributed by atoms with van der Waals surface area (Å²) in [4.78, 5) is 10.4. The third-order valence-electron chi connectivity index (χ3n) is 2.10. The fraction of sp³-hybridized carbons (Fsp3) is 0.200. The predicted octanol–water partition coefficient (Wildman–Crippen LogP) is 0.610. The van der Waals surface area contributed by atoms with Crippen molar-refractivity contribution in [3.8, 4) is 5.75 Å². The standard InChI is InChI=1S/C10H12N4O2/c11-10(15)12-4-5-16-8-3-1-2-7-6-13-14-9(7)8/h1-3,6H,4-5H2,(H,13,14)(H3,11,12,15). The average Bonchev–Trinajstić information content (AvgIpc) is 2.72. The second kappa shape index (κ2) is 4.52. The van der Waals surface area contributed by atoms with E-state index >= 15 is 0 Å². The third kappa shape index (κ3) is 2.22. The highest BCUT2D eigenvalue weighted by atomic mass is 16.5. The molecule has 0 atom stereocenters. The van der Waals surface area contributed by atoms with Crippen molar-refractivity contribution < 1.29 is 9.53 Å². The molecular weight excluding hydrogens is 208 g/mol. The van der Waals surface area contributed by atoms with Crippen LogP contribution in [-0.2, 0) is 0 Å². The number of carbonyl (C=O) groups excluding carboxylic acids is 1. The van der Waals surface area contributed by atoms with Crippen LogP contribution in [0.2, 0.25) is 0 Å².